The standard InChI is InChI=1S/C25H19F3N6O3/c26-18-10-29-22(33-23(18)32-17-4-1-14(2-5-17)16-8-30-31-9-16)15-3-6-19-20(7-15)37-21(11-36-19)24(35)34-12-25(27,28)13-34/h1-10,21H,11-13H2,(H,30,31)(H,29,32,33). The van der Waals surface area contributed by atoms with Gasteiger partial charge in [0.2, 0.25) is 6.10 Å². The molecule has 1 amide bonds. The summed E-state index contributed by atoms with van der Waals surface area (Å²) >= 11 is 0. The normalized spacial score (nSPS) is 17.7. The zero-order valence-corrected chi connectivity index (χ0v) is 19.1. The Labute approximate surface area is 208 Å². The third-order valence-corrected chi connectivity index (χ3v) is 6.02. The quantitative estimate of drug-likeness (QED) is 0.419. The lowest BCUT2D eigenvalue weighted by atomic mass is 10.1. The molecule has 0 aliphatic carbocycles. The predicted octanol–water partition coefficient (Wildman–Crippen LogP) is 4.03. The van der Waals surface area contributed by atoms with Crippen LogP contribution >= 0.6 is 0 Å². The van der Waals surface area contributed by atoms with Gasteiger partial charge in [0.25, 0.3) is 11.8 Å². The zero-order valence-electron chi connectivity index (χ0n) is 19.1. The Kier molecular flexibility index (Phi) is 5.43. The summed E-state index contributed by atoms with van der Waals surface area (Å²) in [5.41, 5.74) is 2.98. The summed E-state index contributed by atoms with van der Waals surface area (Å²) < 4.78 is 52.2. The number of alkyl halides is 2. The number of rotatable bonds is 5. The van der Waals surface area contributed by atoms with Crippen molar-refractivity contribution in [3.8, 4) is 34.0 Å². The number of halogens is 3. The van der Waals surface area contributed by atoms with E-state index in [2.05, 4.69) is 25.5 Å². The van der Waals surface area contributed by atoms with E-state index in [1.165, 1.54) is 0 Å². The molecule has 4 aromatic rings. The first-order valence-corrected chi connectivity index (χ1v) is 11.3. The van der Waals surface area contributed by atoms with Crippen LogP contribution in [0.5, 0.6) is 11.5 Å². The molecule has 2 N–H and O–H groups in total. The van der Waals surface area contributed by atoms with Gasteiger partial charge in [-0.2, -0.15) is 5.10 Å². The van der Waals surface area contributed by atoms with Crippen LogP contribution in [0.4, 0.5) is 24.7 Å². The first-order chi connectivity index (χ1) is 17.8. The van der Waals surface area contributed by atoms with E-state index in [0.717, 1.165) is 22.2 Å². The van der Waals surface area contributed by atoms with E-state index in [-0.39, 0.29) is 24.0 Å². The number of carbonyl (C=O) groups is 1. The minimum Gasteiger partial charge on any atom is -0.485 e. The first kappa shape index (κ1) is 22.8. The van der Waals surface area contributed by atoms with Gasteiger partial charge in [-0.1, -0.05) is 12.1 Å². The van der Waals surface area contributed by atoms with Crippen molar-refractivity contribution < 1.29 is 27.4 Å². The van der Waals surface area contributed by atoms with E-state index in [4.69, 9.17) is 9.47 Å². The largest absolute Gasteiger partial charge is 0.485 e. The van der Waals surface area contributed by atoms with Crippen molar-refractivity contribution in [2.75, 3.05) is 25.0 Å². The molecule has 12 heteroatoms. The number of hydrogen-bond donors (Lipinski definition) is 2. The molecule has 0 radical (unpaired) electrons. The monoisotopic (exact) mass is 508 g/mol. The number of hydrogen-bond acceptors (Lipinski definition) is 7. The average Bonchev–Trinajstić information content (AvgIpc) is 3.43. The molecule has 4 heterocycles. The zero-order chi connectivity index (χ0) is 25.6. The maximum atomic E-state index is 14.5. The van der Waals surface area contributed by atoms with Gasteiger partial charge in [-0.15, -0.1) is 0 Å². The molecule has 9 nitrogen and oxygen atoms in total. The number of aromatic amines is 1. The molecule has 0 saturated carbocycles. The van der Waals surface area contributed by atoms with Crippen LogP contribution in [-0.2, 0) is 4.79 Å². The van der Waals surface area contributed by atoms with Crippen LogP contribution in [-0.4, -0.2) is 62.7 Å². The molecule has 2 aliphatic heterocycles. The third-order valence-electron chi connectivity index (χ3n) is 6.02. The summed E-state index contributed by atoms with van der Waals surface area (Å²) in [5.74, 6) is -3.26. The Hall–Kier alpha value is -4.61. The number of nitrogens with one attached hydrogen (secondary N) is 2. The minimum atomic E-state index is -2.87. The Morgan fingerprint density at radius 3 is 2.57 bits per heavy atom. The van der Waals surface area contributed by atoms with Gasteiger partial charge >= 0.3 is 0 Å². The highest BCUT2D eigenvalue weighted by atomic mass is 19.3. The number of amides is 1. The van der Waals surface area contributed by atoms with Gasteiger partial charge in [-0.25, -0.2) is 23.1 Å². The van der Waals surface area contributed by atoms with Crippen LogP contribution in [0.15, 0.2) is 61.1 Å². The molecule has 1 unspecified atom stereocenters. The second kappa shape index (κ2) is 8.80. The van der Waals surface area contributed by atoms with Gasteiger partial charge in [0.1, 0.15) is 6.61 Å². The first-order valence-electron chi connectivity index (χ1n) is 11.3. The number of likely N-dealkylation sites (tertiary alicyclic amines) is 1. The minimum absolute atomic E-state index is 0.0253. The van der Waals surface area contributed by atoms with Crippen LogP contribution in [0, 0.1) is 5.82 Å². The van der Waals surface area contributed by atoms with Crippen molar-refractivity contribution in [1.82, 2.24) is 25.1 Å². The summed E-state index contributed by atoms with van der Waals surface area (Å²) in [6.07, 6.45) is 3.48. The fraction of sp³-hybridized carbons (Fsp3) is 0.200. The maximum absolute atomic E-state index is 14.5. The van der Waals surface area contributed by atoms with Gasteiger partial charge in [0, 0.05) is 23.0 Å². The Balaban J connectivity index is 1.20. The van der Waals surface area contributed by atoms with Crippen LogP contribution < -0.4 is 14.8 Å². The van der Waals surface area contributed by atoms with E-state index in [1.807, 2.05) is 12.1 Å². The SMILES string of the molecule is O=C(C1COc2ccc(-c3ncc(F)c(Nc4ccc(-c5cn[nH]c5)cc4)n3)cc2O1)N1CC(F)(F)C1. The average molecular weight is 508 g/mol. The van der Waals surface area contributed by atoms with Crippen molar-refractivity contribution in [3.63, 3.8) is 0 Å². The summed E-state index contributed by atoms with van der Waals surface area (Å²) in [7, 11) is 0. The Bertz CT molecular complexity index is 1460. The molecular weight excluding hydrogens is 489 g/mol. The number of H-pyrrole nitrogens is 1. The highest BCUT2D eigenvalue weighted by molar-refractivity contribution is 5.83. The van der Waals surface area contributed by atoms with Gasteiger partial charge in [0.05, 0.1) is 25.5 Å². The molecule has 2 aromatic heterocycles. The summed E-state index contributed by atoms with van der Waals surface area (Å²) in [5, 5.41) is 9.64. The van der Waals surface area contributed by atoms with Gasteiger partial charge in [-0.3, -0.25) is 9.89 Å². The van der Waals surface area contributed by atoms with Gasteiger partial charge in [0.15, 0.2) is 29.0 Å². The summed E-state index contributed by atoms with van der Waals surface area (Å²) in [6.45, 7) is -1.36. The number of benzene rings is 2. The lowest BCUT2D eigenvalue weighted by molar-refractivity contribution is -0.174. The van der Waals surface area contributed by atoms with Crippen molar-refractivity contribution in [3.05, 3.63) is 66.9 Å². The van der Waals surface area contributed by atoms with Crippen molar-refractivity contribution in [2.24, 2.45) is 0 Å². The summed E-state index contributed by atoms with van der Waals surface area (Å²) in [6, 6.07) is 12.2. The van der Waals surface area contributed by atoms with Crippen molar-refractivity contribution in [2.45, 2.75) is 12.0 Å². The van der Waals surface area contributed by atoms with Crippen molar-refractivity contribution in [1.29, 1.82) is 0 Å². The molecule has 1 atom stereocenters. The maximum Gasteiger partial charge on any atom is 0.282 e. The number of aromatic nitrogens is 4. The third kappa shape index (κ3) is 4.53. The van der Waals surface area contributed by atoms with E-state index in [1.54, 1.807) is 42.7 Å². The van der Waals surface area contributed by atoms with E-state index >= 15 is 0 Å². The van der Waals surface area contributed by atoms with Crippen LogP contribution in [0.1, 0.15) is 0 Å². The number of carbonyl (C=O) groups excluding carboxylic acids is 1. The molecule has 6 rings (SSSR count). The number of ether oxygens (including phenoxy) is 2. The van der Waals surface area contributed by atoms with Crippen LogP contribution in [0.3, 0.4) is 0 Å². The molecule has 0 bridgehead atoms. The second-order valence-electron chi connectivity index (χ2n) is 8.71. The number of anilines is 2. The van der Waals surface area contributed by atoms with E-state index in [0.29, 0.717) is 17.0 Å². The van der Waals surface area contributed by atoms with Crippen molar-refractivity contribution >= 4 is 17.4 Å². The predicted molar refractivity (Wildman–Crippen MR) is 126 cm³/mol. The molecule has 2 aromatic carbocycles. The highest BCUT2D eigenvalue weighted by Crippen LogP contribution is 2.37. The number of fused-ring (bicyclic) bond motifs is 1. The van der Waals surface area contributed by atoms with Gasteiger partial charge in [-0.05, 0) is 35.9 Å². The molecule has 0 spiro atoms. The topological polar surface area (TPSA) is 105 Å². The van der Waals surface area contributed by atoms with Crippen LogP contribution in [0.2, 0.25) is 0 Å². The fourth-order valence-electron chi connectivity index (χ4n) is 4.09. The van der Waals surface area contributed by atoms with Crippen LogP contribution in [0.25, 0.3) is 22.5 Å². The van der Waals surface area contributed by atoms with Gasteiger partial charge < -0.3 is 19.7 Å². The highest BCUT2D eigenvalue weighted by Gasteiger charge is 2.48. The lowest BCUT2D eigenvalue weighted by Crippen LogP contribution is -2.62. The molecule has 188 valence electrons. The number of nitrogens with zero attached hydrogens (tertiary/aromatic N) is 4. The Morgan fingerprint density at radius 2 is 1.84 bits per heavy atom. The molecule has 37 heavy (non-hydrogen) atoms. The molecular formula is C25H19F3N6O3. The smallest absolute Gasteiger partial charge is 0.282 e. The lowest BCUT2D eigenvalue weighted by Gasteiger charge is -2.40. The van der Waals surface area contributed by atoms with E-state index < -0.39 is 36.8 Å². The fourth-order valence-corrected chi connectivity index (χ4v) is 4.09. The molecule has 1 fully saturated rings. The van der Waals surface area contributed by atoms with E-state index in [9.17, 15) is 18.0 Å². The molecule has 2 aliphatic rings. The summed E-state index contributed by atoms with van der Waals surface area (Å²) in [4.78, 5) is 21.9. The second-order valence-corrected chi connectivity index (χ2v) is 8.71. The Morgan fingerprint density at radius 1 is 1.05 bits per heavy atom. The molecule has 1 saturated heterocycles.